The average Bonchev–Trinajstić information content (AvgIpc) is 3.24. The largest absolute Gasteiger partial charge is 0.389 e. The van der Waals surface area contributed by atoms with Gasteiger partial charge in [-0.15, -0.1) is 0 Å². The van der Waals surface area contributed by atoms with Crippen LogP contribution in [-0.2, 0) is 0 Å². The van der Waals surface area contributed by atoms with Crippen molar-refractivity contribution in [2.45, 2.75) is 32.3 Å². The Morgan fingerprint density at radius 3 is 2.71 bits per heavy atom. The van der Waals surface area contributed by atoms with Crippen molar-refractivity contribution < 1.29 is 5.11 Å². The van der Waals surface area contributed by atoms with Crippen LogP contribution < -0.4 is 5.56 Å². The van der Waals surface area contributed by atoms with E-state index in [1.807, 2.05) is 73.7 Å². The number of benzene rings is 2. The molecule has 0 fully saturated rings. The lowest BCUT2D eigenvalue weighted by atomic mass is 9.90. The highest BCUT2D eigenvalue weighted by Gasteiger charge is 2.24. The van der Waals surface area contributed by atoms with Crippen molar-refractivity contribution in [3.8, 4) is 22.4 Å². The van der Waals surface area contributed by atoms with Crippen LogP contribution in [-0.4, -0.2) is 30.8 Å². The topological polar surface area (TPSA) is 83.3 Å². The Morgan fingerprint density at radius 2 is 1.88 bits per heavy atom. The lowest BCUT2D eigenvalue weighted by Gasteiger charge is -2.17. The summed E-state index contributed by atoms with van der Waals surface area (Å²) < 4.78 is 1.48. The van der Waals surface area contributed by atoms with E-state index in [0.717, 1.165) is 63.8 Å². The van der Waals surface area contributed by atoms with Crippen molar-refractivity contribution in [1.29, 1.82) is 0 Å². The van der Waals surface area contributed by atoms with Crippen LogP contribution >= 0.6 is 0 Å². The second kappa shape index (κ2) is 8.08. The Kier molecular flexibility index (Phi) is 4.89. The maximum atomic E-state index is 13.8. The fourth-order valence-electron chi connectivity index (χ4n) is 4.97. The summed E-state index contributed by atoms with van der Waals surface area (Å²) in [4.78, 5) is 21.7. The summed E-state index contributed by atoms with van der Waals surface area (Å²) in [6, 6.07) is 19.6. The van der Waals surface area contributed by atoms with Gasteiger partial charge in [0.05, 0.1) is 17.2 Å². The lowest BCUT2D eigenvalue weighted by Crippen LogP contribution is -2.19. The summed E-state index contributed by atoms with van der Waals surface area (Å²) in [6.45, 7) is 1.92. The zero-order chi connectivity index (χ0) is 23.2. The normalized spacial score (nSPS) is 16.2. The van der Waals surface area contributed by atoms with E-state index in [1.165, 1.54) is 4.52 Å². The van der Waals surface area contributed by atoms with Crippen LogP contribution in [0.25, 0.3) is 44.5 Å². The molecule has 5 aromatic rings. The van der Waals surface area contributed by atoms with Crippen LogP contribution in [0.4, 0.5) is 0 Å². The fraction of sp³-hybridized carbons (Fsp3) is 0.179. The average molecular weight is 449 g/mol. The van der Waals surface area contributed by atoms with Crippen LogP contribution in [0.1, 0.15) is 30.5 Å². The van der Waals surface area contributed by atoms with Gasteiger partial charge in [0.1, 0.15) is 11.3 Å². The summed E-state index contributed by atoms with van der Waals surface area (Å²) >= 11 is 0. The first-order valence-electron chi connectivity index (χ1n) is 11.6. The first-order chi connectivity index (χ1) is 16.6. The van der Waals surface area contributed by atoms with Gasteiger partial charge in [0.2, 0.25) is 0 Å². The number of aromatic amines is 1. The van der Waals surface area contributed by atoms with Crippen molar-refractivity contribution in [3.63, 3.8) is 0 Å². The van der Waals surface area contributed by atoms with Gasteiger partial charge >= 0.3 is 0 Å². The van der Waals surface area contributed by atoms with E-state index in [0.29, 0.717) is 11.2 Å². The molecule has 0 saturated carbocycles. The number of allylic oxidation sites excluding steroid dienone is 1. The minimum Gasteiger partial charge on any atom is -0.389 e. The maximum absolute atomic E-state index is 13.8. The molecule has 0 radical (unpaired) electrons. The van der Waals surface area contributed by atoms with Gasteiger partial charge in [-0.1, -0.05) is 48.5 Å². The molecule has 1 unspecified atom stereocenters. The Labute approximate surface area is 196 Å². The third kappa shape index (κ3) is 3.35. The van der Waals surface area contributed by atoms with Crippen LogP contribution in [0.3, 0.4) is 0 Å². The minimum absolute atomic E-state index is 0.171. The molecule has 3 aromatic heterocycles. The predicted octanol–water partition coefficient (Wildman–Crippen LogP) is 5.14. The minimum atomic E-state index is -0.486. The van der Waals surface area contributed by atoms with Crippen molar-refractivity contribution in [2.75, 3.05) is 0 Å². The molecule has 6 nitrogen and oxygen atoms in total. The first-order valence-corrected chi connectivity index (χ1v) is 11.6. The third-order valence-corrected chi connectivity index (χ3v) is 6.57. The van der Waals surface area contributed by atoms with Crippen molar-refractivity contribution in [1.82, 2.24) is 19.6 Å². The number of H-pyrrole nitrogens is 1. The van der Waals surface area contributed by atoms with Gasteiger partial charge in [0.15, 0.2) is 0 Å². The summed E-state index contributed by atoms with van der Waals surface area (Å²) in [7, 11) is 0. The second-order valence-electron chi connectivity index (χ2n) is 8.84. The van der Waals surface area contributed by atoms with E-state index in [2.05, 4.69) is 9.97 Å². The molecule has 2 aromatic carbocycles. The zero-order valence-electron chi connectivity index (χ0n) is 18.8. The van der Waals surface area contributed by atoms with Gasteiger partial charge < -0.3 is 10.1 Å². The Morgan fingerprint density at radius 1 is 1.03 bits per heavy atom. The molecule has 0 saturated heterocycles. The molecule has 0 spiro atoms. The molecular weight excluding hydrogens is 424 g/mol. The molecule has 1 aliphatic rings. The molecule has 0 aliphatic heterocycles. The summed E-state index contributed by atoms with van der Waals surface area (Å²) in [6.07, 6.45) is 5.66. The zero-order valence-corrected chi connectivity index (χ0v) is 18.8. The van der Waals surface area contributed by atoms with E-state index in [1.54, 1.807) is 6.20 Å². The number of aliphatic hydroxyl groups is 1. The number of nitrogens with one attached hydrogen (secondary N) is 1. The van der Waals surface area contributed by atoms with Gasteiger partial charge in [-0.25, -0.2) is 0 Å². The molecule has 2 N–H and O–H groups in total. The number of aromatic nitrogens is 4. The van der Waals surface area contributed by atoms with Crippen LogP contribution in [0.2, 0.25) is 0 Å². The number of fused-ring (bicyclic) bond motifs is 2. The molecule has 3 heterocycles. The van der Waals surface area contributed by atoms with E-state index < -0.39 is 6.10 Å². The SMILES string of the molecule is Cc1[nH]c2c(C3=CC(O)CCC3)c(-c3ccccc3)nn2c(=O)c1-c1ccc2ncccc2c1. The number of hydrogen-bond donors (Lipinski definition) is 2. The highest BCUT2D eigenvalue weighted by Crippen LogP contribution is 2.36. The van der Waals surface area contributed by atoms with Gasteiger partial charge in [-0.2, -0.15) is 9.61 Å². The molecule has 0 bridgehead atoms. The predicted molar refractivity (Wildman–Crippen MR) is 135 cm³/mol. The van der Waals surface area contributed by atoms with Gasteiger partial charge in [0.25, 0.3) is 5.56 Å². The number of aryl methyl sites for hydroxylation is 1. The van der Waals surface area contributed by atoms with Crippen LogP contribution in [0.5, 0.6) is 0 Å². The number of pyridine rings is 1. The highest BCUT2D eigenvalue weighted by atomic mass is 16.3. The number of rotatable bonds is 3. The smallest absolute Gasteiger partial charge is 0.282 e. The summed E-state index contributed by atoms with van der Waals surface area (Å²) in [5.41, 5.74) is 7.15. The molecule has 1 atom stereocenters. The van der Waals surface area contributed by atoms with Crippen molar-refractivity contribution in [3.05, 3.63) is 94.5 Å². The maximum Gasteiger partial charge on any atom is 0.282 e. The standard InChI is InChI=1S/C28H24N4O2/c1-17-24(21-12-13-23-19(15-21)10-6-14-29-23)28(34)32-27(30-17)25(20-9-5-11-22(33)16-20)26(31-32)18-7-3-2-4-8-18/h2-4,6-8,10,12-16,22,30,33H,5,9,11H2,1H3. The van der Waals surface area contributed by atoms with E-state index in [9.17, 15) is 9.90 Å². The molecular formula is C28H24N4O2. The monoisotopic (exact) mass is 448 g/mol. The van der Waals surface area contributed by atoms with E-state index in [4.69, 9.17) is 5.10 Å². The molecule has 1 aliphatic carbocycles. The Balaban J connectivity index is 1.63. The Bertz CT molecular complexity index is 1630. The van der Waals surface area contributed by atoms with Crippen molar-refractivity contribution in [2.24, 2.45) is 0 Å². The molecule has 168 valence electrons. The number of hydrogen-bond acceptors (Lipinski definition) is 4. The molecule has 0 amide bonds. The first kappa shape index (κ1) is 20.6. The van der Waals surface area contributed by atoms with E-state index in [-0.39, 0.29) is 5.56 Å². The second-order valence-corrected chi connectivity index (χ2v) is 8.84. The fourth-order valence-corrected chi connectivity index (χ4v) is 4.97. The molecule has 6 heteroatoms. The summed E-state index contributed by atoms with van der Waals surface area (Å²) in [5, 5.41) is 16.1. The van der Waals surface area contributed by atoms with Crippen molar-refractivity contribution >= 4 is 22.1 Å². The quantitative estimate of drug-likeness (QED) is 0.400. The number of nitrogens with zero attached hydrogens (tertiary/aromatic N) is 3. The van der Waals surface area contributed by atoms with Gasteiger partial charge in [-0.05, 0) is 55.5 Å². The van der Waals surface area contributed by atoms with Crippen LogP contribution in [0.15, 0.2) is 77.7 Å². The van der Waals surface area contributed by atoms with Crippen LogP contribution in [0, 0.1) is 6.92 Å². The number of aliphatic hydroxyl groups excluding tert-OH is 1. The van der Waals surface area contributed by atoms with Gasteiger partial charge in [0, 0.05) is 28.4 Å². The third-order valence-electron chi connectivity index (χ3n) is 6.57. The summed E-state index contributed by atoms with van der Waals surface area (Å²) in [5.74, 6) is 0. The Hall–Kier alpha value is -4.03. The molecule has 34 heavy (non-hydrogen) atoms. The van der Waals surface area contributed by atoms with E-state index >= 15 is 0 Å². The van der Waals surface area contributed by atoms with Gasteiger partial charge in [-0.3, -0.25) is 9.78 Å². The highest BCUT2D eigenvalue weighted by molar-refractivity contribution is 5.89. The lowest BCUT2D eigenvalue weighted by molar-refractivity contribution is 0.206. The molecule has 6 rings (SSSR count).